The maximum Gasteiger partial charge on any atom is 0.229 e. The van der Waals surface area contributed by atoms with E-state index in [4.69, 9.17) is 4.74 Å². The highest BCUT2D eigenvalue weighted by Crippen LogP contribution is 2.36. The molecule has 5 rings (SSSR count). The number of methoxy groups -OCH3 is 1. The van der Waals surface area contributed by atoms with Crippen molar-refractivity contribution in [3.63, 3.8) is 0 Å². The van der Waals surface area contributed by atoms with Crippen molar-refractivity contribution in [3.8, 4) is 11.4 Å². The minimum Gasteiger partial charge on any atom is -0.497 e. The SMILES string of the molecule is COc1cccc(-n2cc(CNC(=O)[C@H]3CCCc4c3[nH]c3ccccc43)cn2)c1. The Morgan fingerprint density at radius 1 is 1.27 bits per heavy atom. The average molecular weight is 400 g/mol. The van der Waals surface area contributed by atoms with E-state index in [1.165, 1.54) is 10.9 Å². The third-order valence-electron chi connectivity index (χ3n) is 5.85. The molecule has 1 aliphatic carbocycles. The molecule has 1 aliphatic rings. The molecule has 0 bridgehead atoms. The highest BCUT2D eigenvalue weighted by atomic mass is 16.5. The first-order valence-corrected chi connectivity index (χ1v) is 10.3. The minimum absolute atomic E-state index is 0.0663. The van der Waals surface area contributed by atoms with Gasteiger partial charge >= 0.3 is 0 Å². The Hall–Kier alpha value is -3.54. The first-order valence-electron chi connectivity index (χ1n) is 10.3. The van der Waals surface area contributed by atoms with Gasteiger partial charge in [0, 0.05) is 41.0 Å². The monoisotopic (exact) mass is 400 g/mol. The van der Waals surface area contributed by atoms with Crippen LogP contribution < -0.4 is 10.1 Å². The van der Waals surface area contributed by atoms with Gasteiger partial charge in [0.1, 0.15) is 5.75 Å². The number of ether oxygens (including phenoxy) is 1. The molecule has 152 valence electrons. The summed E-state index contributed by atoms with van der Waals surface area (Å²) in [7, 11) is 1.65. The summed E-state index contributed by atoms with van der Waals surface area (Å²) >= 11 is 0. The van der Waals surface area contributed by atoms with Crippen LogP contribution in [0.5, 0.6) is 5.75 Å². The Bertz CT molecular complexity index is 1210. The summed E-state index contributed by atoms with van der Waals surface area (Å²) in [4.78, 5) is 16.5. The molecule has 6 nitrogen and oxygen atoms in total. The van der Waals surface area contributed by atoms with E-state index in [0.29, 0.717) is 6.54 Å². The third-order valence-corrected chi connectivity index (χ3v) is 5.85. The zero-order chi connectivity index (χ0) is 20.5. The fourth-order valence-corrected chi connectivity index (χ4v) is 4.34. The van der Waals surface area contributed by atoms with E-state index in [-0.39, 0.29) is 11.8 Å². The second-order valence-electron chi connectivity index (χ2n) is 7.72. The first kappa shape index (κ1) is 18.5. The lowest BCUT2D eigenvalue weighted by atomic mass is 9.86. The highest BCUT2D eigenvalue weighted by molar-refractivity contribution is 5.90. The Balaban J connectivity index is 1.30. The van der Waals surface area contributed by atoms with Crippen molar-refractivity contribution in [2.24, 2.45) is 0 Å². The van der Waals surface area contributed by atoms with Crippen molar-refractivity contribution < 1.29 is 9.53 Å². The maximum absolute atomic E-state index is 13.0. The summed E-state index contributed by atoms with van der Waals surface area (Å²) in [6, 6.07) is 16.0. The van der Waals surface area contributed by atoms with Crippen LogP contribution >= 0.6 is 0 Å². The molecule has 2 heterocycles. The van der Waals surface area contributed by atoms with Crippen molar-refractivity contribution in [3.05, 3.63) is 77.7 Å². The molecule has 6 heteroatoms. The number of nitrogens with zero attached hydrogens (tertiary/aromatic N) is 2. The number of carbonyl (C=O) groups is 1. The number of H-pyrrole nitrogens is 1. The summed E-state index contributed by atoms with van der Waals surface area (Å²) in [5.74, 6) is 0.718. The molecule has 4 aromatic rings. The van der Waals surface area contributed by atoms with Crippen molar-refractivity contribution in [2.75, 3.05) is 7.11 Å². The number of fused-ring (bicyclic) bond motifs is 3. The molecule has 2 aromatic carbocycles. The molecule has 0 saturated heterocycles. The number of nitrogens with one attached hydrogen (secondary N) is 2. The van der Waals surface area contributed by atoms with Crippen LogP contribution in [0.3, 0.4) is 0 Å². The third kappa shape index (κ3) is 3.34. The number of hydrogen-bond donors (Lipinski definition) is 2. The lowest BCUT2D eigenvalue weighted by molar-refractivity contribution is -0.123. The molecule has 0 fully saturated rings. The second kappa shape index (κ2) is 7.71. The van der Waals surface area contributed by atoms with Gasteiger partial charge in [-0.25, -0.2) is 4.68 Å². The number of aromatic nitrogens is 3. The van der Waals surface area contributed by atoms with Gasteiger partial charge in [-0.05, 0) is 43.0 Å². The van der Waals surface area contributed by atoms with Gasteiger partial charge in [-0.1, -0.05) is 24.3 Å². The molecule has 0 aliphatic heterocycles. The summed E-state index contributed by atoms with van der Waals surface area (Å²) < 4.78 is 7.07. The number of benzene rings is 2. The van der Waals surface area contributed by atoms with Crippen LogP contribution in [0.4, 0.5) is 0 Å². The number of para-hydroxylation sites is 1. The van der Waals surface area contributed by atoms with Gasteiger partial charge < -0.3 is 15.0 Å². The largest absolute Gasteiger partial charge is 0.497 e. The average Bonchev–Trinajstić information content (AvgIpc) is 3.42. The van der Waals surface area contributed by atoms with Crippen LogP contribution in [0.1, 0.15) is 35.6 Å². The number of rotatable bonds is 5. The molecular weight excluding hydrogens is 376 g/mol. The van der Waals surface area contributed by atoms with E-state index < -0.39 is 0 Å². The number of aromatic amines is 1. The van der Waals surface area contributed by atoms with Gasteiger partial charge in [0.05, 0.1) is 24.9 Å². The zero-order valence-electron chi connectivity index (χ0n) is 16.9. The number of aryl methyl sites for hydroxylation is 1. The standard InChI is InChI=1S/C24H24N4O2/c1-30-18-7-4-6-17(12-18)28-15-16(14-26-28)13-25-24(29)21-10-5-9-20-19-8-2-3-11-22(19)27-23(20)21/h2-4,6-8,11-12,14-15,21,27H,5,9-10,13H2,1H3,(H,25,29)/t21-/m0/s1. The minimum atomic E-state index is -0.130. The molecule has 0 unspecified atom stereocenters. The predicted octanol–water partition coefficient (Wildman–Crippen LogP) is 4.10. The molecule has 2 aromatic heterocycles. The van der Waals surface area contributed by atoms with Crippen LogP contribution in [-0.4, -0.2) is 27.8 Å². The van der Waals surface area contributed by atoms with Gasteiger partial charge in [-0.3, -0.25) is 4.79 Å². The molecule has 0 spiro atoms. The lowest BCUT2D eigenvalue weighted by Gasteiger charge is -2.22. The van der Waals surface area contributed by atoms with Crippen LogP contribution in [0.2, 0.25) is 0 Å². The second-order valence-corrected chi connectivity index (χ2v) is 7.72. The van der Waals surface area contributed by atoms with E-state index in [0.717, 1.165) is 47.5 Å². The number of hydrogen-bond acceptors (Lipinski definition) is 3. The van der Waals surface area contributed by atoms with Crippen molar-refractivity contribution in [2.45, 2.75) is 31.7 Å². The van der Waals surface area contributed by atoms with E-state index in [9.17, 15) is 4.79 Å². The normalized spacial score (nSPS) is 15.7. The van der Waals surface area contributed by atoms with Crippen LogP contribution in [0.25, 0.3) is 16.6 Å². The fourth-order valence-electron chi connectivity index (χ4n) is 4.34. The topological polar surface area (TPSA) is 71.9 Å². The Morgan fingerprint density at radius 2 is 2.17 bits per heavy atom. The lowest BCUT2D eigenvalue weighted by Crippen LogP contribution is -2.31. The summed E-state index contributed by atoms with van der Waals surface area (Å²) in [5.41, 5.74) is 5.36. The Labute approximate surface area is 174 Å². The van der Waals surface area contributed by atoms with Crippen molar-refractivity contribution >= 4 is 16.8 Å². The Morgan fingerprint density at radius 3 is 3.07 bits per heavy atom. The van der Waals surface area contributed by atoms with E-state index in [1.54, 1.807) is 18.0 Å². The quantitative estimate of drug-likeness (QED) is 0.530. The van der Waals surface area contributed by atoms with Crippen molar-refractivity contribution in [1.29, 1.82) is 0 Å². The molecule has 0 saturated carbocycles. The molecule has 1 amide bonds. The first-order chi connectivity index (χ1) is 14.7. The smallest absolute Gasteiger partial charge is 0.229 e. The Kier molecular flexibility index (Phi) is 4.75. The summed E-state index contributed by atoms with van der Waals surface area (Å²) in [5, 5.41) is 8.77. The zero-order valence-corrected chi connectivity index (χ0v) is 16.9. The molecule has 2 N–H and O–H groups in total. The molecular formula is C24H24N4O2. The number of amides is 1. The molecule has 30 heavy (non-hydrogen) atoms. The highest BCUT2D eigenvalue weighted by Gasteiger charge is 2.29. The summed E-state index contributed by atoms with van der Waals surface area (Å²) in [6.45, 7) is 0.453. The van der Waals surface area contributed by atoms with Crippen LogP contribution in [0.15, 0.2) is 60.9 Å². The van der Waals surface area contributed by atoms with Gasteiger partial charge in [0.2, 0.25) is 5.91 Å². The van der Waals surface area contributed by atoms with Crippen LogP contribution in [0, 0.1) is 0 Å². The van der Waals surface area contributed by atoms with E-state index in [2.05, 4.69) is 33.6 Å². The van der Waals surface area contributed by atoms with E-state index in [1.807, 2.05) is 36.5 Å². The van der Waals surface area contributed by atoms with Gasteiger partial charge in [0.15, 0.2) is 0 Å². The predicted molar refractivity (Wildman–Crippen MR) is 116 cm³/mol. The van der Waals surface area contributed by atoms with E-state index >= 15 is 0 Å². The van der Waals surface area contributed by atoms with Gasteiger partial charge in [-0.2, -0.15) is 5.10 Å². The fraction of sp³-hybridized carbons (Fsp3) is 0.250. The van der Waals surface area contributed by atoms with Gasteiger partial charge in [0.25, 0.3) is 0 Å². The van der Waals surface area contributed by atoms with Crippen molar-refractivity contribution in [1.82, 2.24) is 20.1 Å². The molecule has 1 atom stereocenters. The van der Waals surface area contributed by atoms with Gasteiger partial charge in [-0.15, -0.1) is 0 Å². The maximum atomic E-state index is 13.0. The summed E-state index contributed by atoms with van der Waals surface area (Å²) in [6.07, 6.45) is 6.64. The molecule has 0 radical (unpaired) electrons. The number of carbonyl (C=O) groups excluding carboxylic acids is 1. The van der Waals surface area contributed by atoms with Crippen LogP contribution in [-0.2, 0) is 17.8 Å².